The number of carbonyl (C=O) groups excluding carboxylic acids is 2. The number of para-hydroxylation sites is 2. The number of nitrogens with zero attached hydrogens (tertiary/aromatic N) is 2. The van der Waals surface area contributed by atoms with Crippen molar-refractivity contribution in [3.8, 4) is 17.2 Å². The second-order valence-corrected chi connectivity index (χ2v) is 12.1. The van der Waals surface area contributed by atoms with Crippen LogP contribution >= 0.6 is 0 Å². The summed E-state index contributed by atoms with van der Waals surface area (Å²) in [6.45, 7) is 5.07. The molecule has 4 N–H and O–H groups in total. The fraction of sp³-hybridized carbons (Fsp3) is 0.297. The Kier molecular flexibility index (Phi) is 10.9. The quantitative estimate of drug-likeness (QED) is 0.195. The van der Waals surface area contributed by atoms with Crippen molar-refractivity contribution in [1.29, 1.82) is 0 Å². The first kappa shape index (κ1) is 33.6. The summed E-state index contributed by atoms with van der Waals surface area (Å²) in [5, 5.41) is 12.9. The minimum Gasteiger partial charge on any atom is -0.486 e. The highest BCUT2D eigenvalue weighted by Gasteiger charge is 2.35. The van der Waals surface area contributed by atoms with E-state index in [1.54, 1.807) is 72.5 Å². The zero-order valence-electron chi connectivity index (χ0n) is 26.8. The molecule has 0 fully saturated rings. The lowest BCUT2D eigenvalue weighted by Crippen LogP contribution is -2.49. The molecule has 4 aromatic rings. The monoisotopic (exact) mass is 640 g/mol. The van der Waals surface area contributed by atoms with Crippen molar-refractivity contribution < 1.29 is 28.6 Å². The molecule has 0 spiro atoms. The molecule has 5 rings (SSSR count). The molecule has 9 nitrogen and oxygen atoms in total. The molecule has 4 aromatic carbocycles. The van der Waals surface area contributed by atoms with Crippen molar-refractivity contribution in [1.82, 2.24) is 9.80 Å². The molecule has 1 aliphatic heterocycles. The fourth-order valence-electron chi connectivity index (χ4n) is 5.58. The summed E-state index contributed by atoms with van der Waals surface area (Å²) in [4.78, 5) is 30.9. The van der Waals surface area contributed by atoms with Crippen molar-refractivity contribution in [2.24, 2.45) is 11.7 Å². The molecular weight excluding hydrogens is 599 g/mol. The van der Waals surface area contributed by atoms with Crippen LogP contribution in [0.15, 0.2) is 97.1 Å². The van der Waals surface area contributed by atoms with E-state index in [1.165, 1.54) is 6.07 Å². The SMILES string of the molecule is C[C@@H]1CN([C@@H](C)CO)C(=O)c2cccc(NC(=O)C(N)c3ccccc3)c2O[C@@H]1CN(C)Cc1ccc(Oc2ccccc2F)cc1. The third-order valence-corrected chi connectivity index (χ3v) is 8.32. The molecule has 246 valence electrons. The maximum Gasteiger partial charge on any atom is 0.258 e. The summed E-state index contributed by atoms with van der Waals surface area (Å²) in [6, 6.07) is 26.5. The zero-order valence-corrected chi connectivity index (χ0v) is 26.8. The molecule has 0 saturated heterocycles. The van der Waals surface area contributed by atoms with Gasteiger partial charge in [-0.2, -0.15) is 0 Å². The summed E-state index contributed by atoms with van der Waals surface area (Å²) in [5.41, 5.74) is 8.59. The molecule has 10 heteroatoms. The number of benzene rings is 4. The van der Waals surface area contributed by atoms with E-state index in [2.05, 4.69) is 10.2 Å². The molecule has 1 aliphatic rings. The maximum atomic E-state index is 14.0. The van der Waals surface area contributed by atoms with Gasteiger partial charge in [0.1, 0.15) is 17.9 Å². The van der Waals surface area contributed by atoms with E-state index >= 15 is 0 Å². The van der Waals surface area contributed by atoms with Crippen molar-refractivity contribution >= 4 is 17.5 Å². The largest absolute Gasteiger partial charge is 0.486 e. The third kappa shape index (κ3) is 8.15. The van der Waals surface area contributed by atoms with E-state index in [1.807, 2.05) is 44.3 Å². The number of amides is 2. The number of ether oxygens (including phenoxy) is 2. The van der Waals surface area contributed by atoms with Crippen LogP contribution in [0.4, 0.5) is 10.1 Å². The van der Waals surface area contributed by atoms with E-state index in [0.29, 0.717) is 42.2 Å². The van der Waals surface area contributed by atoms with Gasteiger partial charge in [-0.3, -0.25) is 14.5 Å². The molecule has 1 heterocycles. The Morgan fingerprint density at radius 1 is 1.06 bits per heavy atom. The predicted molar refractivity (Wildman–Crippen MR) is 179 cm³/mol. The molecule has 0 bridgehead atoms. The van der Waals surface area contributed by atoms with E-state index in [9.17, 15) is 19.1 Å². The van der Waals surface area contributed by atoms with Gasteiger partial charge in [0.2, 0.25) is 5.91 Å². The molecule has 47 heavy (non-hydrogen) atoms. The fourth-order valence-corrected chi connectivity index (χ4v) is 5.58. The number of aliphatic hydroxyl groups excluding tert-OH is 1. The average molecular weight is 641 g/mol. The van der Waals surface area contributed by atoms with E-state index in [0.717, 1.165) is 5.56 Å². The number of anilines is 1. The van der Waals surface area contributed by atoms with Crippen LogP contribution in [0.1, 0.15) is 41.4 Å². The van der Waals surface area contributed by atoms with Crippen LogP contribution in [-0.2, 0) is 11.3 Å². The highest BCUT2D eigenvalue weighted by atomic mass is 19.1. The van der Waals surface area contributed by atoms with Crippen LogP contribution < -0.4 is 20.5 Å². The number of nitrogens with one attached hydrogen (secondary N) is 1. The Labute approximate surface area is 274 Å². The minimum absolute atomic E-state index is 0.129. The number of halogens is 1. The molecule has 0 aliphatic carbocycles. The number of carbonyl (C=O) groups is 2. The lowest BCUT2D eigenvalue weighted by molar-refractivity contribution is -0.117. The Morgan fingerprint density at radius 2 is 1.77 bits per heavy atom. The second-order valence-electron chi connectivity index (χ2n) is 12.1. The molecule has 0 aromatic heterocycles. The maximum absolute atomic E-state index is 14.0. The first-order valence-corrected chi connectivity index (χ1v) is 15.7. The van der Waals surface area contributed by atoms with Gasteiger partial charge < -0.3 is 30.5 Å². The molecule has 0 saturated carbocycles. The number of nitrogens with two attached hydrogens (primary N) is 1. The van der Waals surface area contributed by atoms with Crippen LogP contribution in [0.2, 0.25) is 0 Å². The van der Waals surface area contributed by atoms with Crippen LogP contribution in [0.3, 0.4) is 0 Å². The van der Waals surface area contributed by atoms with E-state index < -0.39 is 23.8 Å². The van der Waals surface area contributed by atoms with Gasteiger partial charge in [-0.15, -0.1) is 0 Å². The number of rotatable bonds is 11. The summed E-state index contributed by atoms with van der Waals surface area (Å²) in [6.07, 6.45) is -0.384. The van der Waals surface area contributed by atoms with Crippen LogP contribution in [0.5, 0.6) is 17.2 Å². The number of hydrogen-bond donors (Lipinski definition) is 3. The van der Waals surface area contributed by atoms with E-state index in [-0.39, 0.29) is 36.0 Å². The Hall–Kier alpha value is -4.77. The smallest absolute Gasteiger partial charge is 0.258 e. The van der Waals surface area contributed by atoms with Gasteiger partial charge in [-0.1, -0.05) is 67.6 Å². The van der Waals surface area contributed by atoms with Gasteiger partial charge in [-0.25, -0.2) is 4.39 Å². The topological polar surface area (TPSA) is 117 Å². The number of aliphatic hydroxyl groups is 1. The Morgan fingerprint density at radius 3 is 2.47 bits per heavy atom. The number of fused-ring (bicyclic) bond motifs is 1. The van der Waals surface area contributed by atoms with Crippen molar-refractivity contribution in [3.05, 3.63) is 120 Å². The Balaban J connectivity index is 1.36. The predicted octanol–water partition coefficient (Wildman–Crippen LogP) is 5.61. The van der Waals surface area contributed by atoms with Crippen LogP contribution in [-0.4, -0.2) is 65.6 Å². The molecule has 4 atom stereocenters. The summed E-state index contributed by atoms with van der Waals surface area (Å²) in [7, 11) is 1.98. The molecule has 0 radical (unpaired) electrons. The number of hydrogen-bond acceptors (Lipinski definition) is 7. The highest BCUT2D eigenvalue weighted by molar-refractivity contribution is 6.02. The second kappa shape index (κ2) is 15.2. The molecular formula is C37H41FN4O5. The van der Waals surface area contributed by atoms with Crippen LogP contribution in [0.25, 0.3) is 0 Å². The molecule has 1 unspecified atom stereocenters. The zero-order chi connectivity index (χ0) is 33.5. The lowest BCUT2D eigenvalue weighted by atomic mass is 9.98. The molecule has 2 amide bonds. The van der Waals surface area contributed by atoms with Crippen molar-refractivity contribution in [2.75, 3.05) is 32.1 Å². The van der Waals surface area contributed by atoms with Gasteiger partial charge >= 0.3 is 0 Å². The van der Waals surface area contributed by atoms with Gasteiger partial charge in [0.15, 0.2) is 17.3 Å². The van der Waals surface area contributed by atoms with Gasteiger partial charge in [0, 0.05) is 25.6 Å². The summed E-state index contributed by atoms with van der Waals surface area (Å²) in [5.74, 6) is -0.334. The summed E-state index contributed by atoms with van der Waals surface area (Å²) >= 11 is 0. The van der Waals surface area contributed by atoms with Crippen molar-refractivity contribution in [2.45, 2.75) is 38.6 Å². The van der Waals surface area contributed by atoms with Gasteiger partial charge in [0.25, 0.3) is 5.91 Å². The lowest BCUT2D eigenvalue weighted by Gasteiger charge is -2.38. The van der Waals surface area contributed by atoms with Crippen LogP contribution in [0, 0.1) is 11.7 Å². The summed E-state index contributed by atoms with van der Waals surface area (Å²) < 4.78 is 26.4. The highest BCUT2D eigenvalue weighted by Crippen LogP contribution is 2.35. The van der Waals surface area contributed by atoms with E-state index in [4.69, 9.17) is 15.2 Å². The minimum atomic E-state index is -0.924. The third-order valence-electron chi connectivity index (χ3n) is 8.32. The average Bonchev–Trinajstić information content (AvgIpc) is 3.08. The standard InChI is InChI=1S/C37H41FN4O5/c1-24-20-42(25(2)23-43)37(45)29-12-9-14-31(40-36(44)34(39)27-10-5-4-6-11-27)35(29)47-33(24)22-41(3)21-26-16-18-28(19-17-26)46-32-15-8-7-13-30(32)38/h4-19,24-25,33-34,43H,20-23,39H2,1-3H3,(H,40,44)/t24-,25+,33-,34?/m1/s1. The normalized spacial score (nSPS) is 17.6. The van der Waals surface area contributed by atoms with Gasteiger partial charge in [0.05, 0.1) is 23.9 Å². The first-order chi connectivity index (χ1) is 22.6. The van der Waals surface area contributed by atoms with Gasteiger partial charge in [-0.05, 0) is 61.5 Å². The van der Waals surface area contributed by atoms with Crippen molar-refractivity contribution in [3.63, 3.8) is 0 Å². The number of likely N-dealkylation sites (N-methyl/N-ethyl adjacent to an activating group) is 1. The first-order valence-electron chi connectivity index (χ1n) is 15.7. The Bertz CT molecular complexity index is 1670.